The molecule has 0 spiro atoms. The maximum absolute atomic E-state index is 13.3. The highest BCUT2D eigenvalue weighted by atomic mass is 32.2. The number of nitrogen functional groups attached to an aromatic ring is 1. The van der Waals surface area contributed by atoms with E-state index < -0.39 is 15.8 Å². The van der Waals surface area contributed by atoms with Gasteiger partial charge in [-0.15, -0.1) is 0 Å². The van der Waals surface area contributed by atoms with Crippen molar-refractivity contribution in [3.05, 3.63) is 59.4 Å². The molecule has 0 atom stereocenters. The van der Waals surface area contributed by atoms with Crippen LogP contribution in [0, 0.1) is 12.7 Å². The van der Waals surface area contributed by atoms with Gasteiger partial charge in [-0.3, -0.25) is 0 Å². The SMILES string of the molecule is Cc1ccccc1CCNS(=O)(=O)c1ccc(N)c(F)c1. The van der Waals surface area contributed by atoms with Crippen molar-refractivity contribution >= 4 is 15.7 Å². The third-order valence-electron chi connectivity index (χ3n) is 3.23. The van der Waals surface area contributed by atoms with E-state index in [9.17, 15) is 12.8 Å². The van der Waals surface area contributed by atoms with Gasteiger partial charge in [0.25, 0.3) is 0 Å². The van der Waals surface area contributed by atoms with Crippen LogP contribution in [0.3, 0.4) is 0 Å². The Morgan fingerprint density at radius 1 is 1.19 bits per heavy atom. The Balaban J connectivity index is 2.05. The number of rotatable bonds is 5. The number of nitrogens with one attached hydrogen (secondary N) is 1. The molecule has 0 saturated carbocycles. The summed E-state index contributed by atoms with van der Waals surface area (Å²) >= 11 is 0. The van der Waals surface area contributed by atoms with Crippen LogP contribution in [-0.2, 0) is 16.4 Å². The van der Waals surface area contributed by atoms with Gasteiger partial charge >= 0.3 is 0 Å². The number of hydrogen-bond acceptors (Lipinski definition) is 3. The second-order valence-electron chi connectivity index (χ2n) is 4.76. The van der Waals surface area contributed by atoms with Gasteiger partial charge in [0.1, 0.15) is 5.82 Å². The van der Waals surface area contributed by atoms with E-state index in [-0.39, 0.29) is 17.1 Å². The molecule has 21 heavy (non-hydrogen) atoms. The van der Waals surface area contributed by atoms with E-state index in [1.165, 1.54) is 12.1 Å². The molecular weight excluding hydrogens is 291 g/mol. The van der Waals surface area contributed by atoms with Crippen LogP contribution in [0.25, 0.3) is 0 Å². The first kappa shape index (κ1) is 15.5. The molecule has 0 heterocycles. The molecule has 2 aromatic carbocycles. The quantitative estimate of drug-likeness (QED) is 0.832. The summed E-state index contributed by atoms with van der Waals surface area (Å²) < 4.78 is 39.9. The lowest BCUT2D eigenvalue weighted by Crippen LogP contribution is -2.26. The van der Waals surface area contributed by atoms with Crippen LogP contribution in [0.2, 0.25) is 0 Å². The Hall–Kier alpha value is -1.92. The Kier molecular flexibility index (Phi) is 4.59. The highest BCUT2D eigenvalue weighted by Crippen LogP contribution is 2.16. The lowest BCUT2D eigenvalue weighted by Gasteiger charge is -2.09. The standard InChI is InChI=1S/C15H17FN2O2S/c1-11-4-2-3-5-12(11)8-9-18-21(19,20)13-6-7-15(17)14(16)10-13/h2-7,10,18H,8-9,17H2,1H3. The van der Waals surface area contributed by atoms with Gasteiger partial charge in [0.15, 0.2) is 0 Å². The number of aryl methyl sites for hydroxylation is 1. The summed E-state index contributed by atoms with van der Waals surface area (Å²) in [5.74, 6) is -0.739. The first-order valence-electron chi connectivity index (χ1n) is 6.49. The van der Waals surface area contributed by atoms with Crippen LogP contribution in [0.1, 0.15) is 11.1 Å². The summed E-state index contributed by atoms with van der Waals surface area (Å²) in [6, 6.07) is 11.2. The molecule has 2 aromatic rings. The largest absolute Gasteiger partial charge is 0.396 e. The number of sulfonamides is 1. The first-order valence-corrected chi connectivity index (χ1v) is 7.97. The summed E-state index contributed by atoms with van der Waals surface area (Å²) in [6.45, 7) is 2.22. The summed E-state index contributed by atoms with van der Waals surface area (Å²) in [5, 5.41) is 0. The monoisotopic (exact) mass is 308 g/mol. The van der Waals surface area contributed by atoms with Gasteiger partial charge in [-0.2, -0.15) is 0 Å². The van der Waals surface area contributed by atoms with Gasteiger partial charge in [-0.05, 0) is 42.7 Å². The normalized spacial score (nSPS) is 11.5. The van der Waals surface area contributed by atoms with Crippen LogP contribution in [0.5, 0.6) is 0 Å². The molecule has 0 aliphatic heterocycles. The van der Waals surface area contributed by atoms with Crippen LogP contribution in [0.4, 0.5) is 10.1 Å². The molecule has 4 nitrogen and oxygen atoms in total. The maximum Gasteiger partial charge on any atom is 0.240 e. The average Bonchev–Trinajstić information content (AvgIpc) is 2.44. The fourth-order valence-electron chi connectivity index (χ4n) is 1.97. The van der Waals surface area contributed by atoms with E-state index in [1.54, 1.807) is 0 Å². The zero-order valence-corrected chi connectivity index (χ0v) is 12.5. The van der Waals surface area contributed by atoms with Crippen molar-refractivity contribution in [3.8, 4) is 0 Å². The third kappa shape index (κ3) is 3.80. The van der Waals surface area contributed by atoms with E-state index in [2.05, 4.69) is 4.72 Å². The molecule has 0 aliphatic carbocycles. The zero-order valence-electron chi connectivity index (χ0n) is 11.6. The minimum Gasteiger partial charge on any atom is -0.396 e. The fourth-order valence-corrected chi connectivity index (χ4v) is 3.01. The Labute approximate surface area is 123 Å². The van der Waals surface area contributed by atoms with E-state index in [4.69, 9.17) is 5.73 Å². The van der Waals surface area contributed by atoms with Gasteiger partial charge < -0.3 is 5.73 Å². The topological polar surface area (TPSA) is 72.2 Å². The predicted octanol–water partition coefficient (Wildman–Crippen LogP) is 2.24. The first-order chi connectivity index (χ1) is 9.90. The zero-order chi connectivity index (χ0) is 15.5. The summed E-state index contributed by atoms with van der Waals surface area (Å²) in [5.41, 5.74) is 7.44. The summed E-state index contributed by atoms with van der Waals surface area (Å²) in [6.07, 6.45) is 0.573. The second-order valence-corrected chi connectivity index (χ2v) is 6.52. The molecular formula is C15H17FN2O2S. The highest BCUT2D eigenvalue weighted by molar-refractivity contribution is 7.89. The molecule has 2 rings (SSSR count). The molecule has 112 valence electrons. The molecule has 3 N–H and O–H groups in total. The van der Waals surface area contributed by atoms with Crippen LogP contribution < -0.4 is 10.5 Å². The average molecular weight is 308 g/mol. The molecule has 0 unspecified atom stereocenters. The Bertz CT molecular complexity index is 745. The third-order valence-corrected chi connectivity index (χ3v) is 4.69. The predicted molar refractivity (Wildman–Crippen MR) is 80.9 cm³/mol. The van der Waals surface area contributed by atoms with Crippen LogP contribution >= 0.6 is 0 Å². The lowest BCUT2D eigenvalue weighted by atomic mass is 10.1. The van der Waals surface area contributed by atoms with Gasteiger partial charge in [0, 0.05) is 6.54 Å². The van der Waals surface area contributed by atoms with Crippen molar-refractivity contribution in [2.24, 2.45) is 0 Å². The van der Waals surface area contributed by atoms with Crippen molar-refractivity contribution in [3.63, 3.8) is 0 Å². The molecule has 6 heteroatoms. The van der Waals surface area contributed by atoms with Crippen molar-refractivity contribution in [1.82, 2.24) is 4.72 Å². The number of hydrogen-bond donors (Lipinski definition) is 2. The van der Waals surface area contributed by atoms with Gasteiger partial charge in [-0.25, -0.2) is 17.5 Å². The number of nitrogens with two attached hydrogens (primary N) is 1. The molecule has 0 aliphatic rings. The van der Waals surface area contributed by atoms with Crippen molar-refractivity contribution in [2.45, 2.75) is 18.2 Å². The van der Waals surface area contributed by atoms with Crippen molar-refractivity contribution < 1.29 is 12.8 Å². The molecule has 0 aromatic heterocycles. The van der Waals surface area contributed by atoms with Crippen molar-refractivity contribution in [1.29, 1.82) is 0 Å². The fraction of sp³-hybridized carbons (Fsp3) is 0.200. The molecule has 0 saturated heterocycles. The second kappa shape index (κ2) is 6.24. The highest BCUT2D eigenvalue weighted by Gasteiger charge is 2.15. The minimum absolute atomic E-state index is 0.0751. The molecule has 0 bridgehead atoms. The van der Waals surface area contributed by atoms with Crippen LogP contribution in [0.15, 0.2) is 47.4 Å². The van der Waals surface area contributed by atoms with Gasteiger partial charge in [0.05, 0.1) is 10.6 Å². The molecule has 0 radical (unpaired) electrons. The summed E-state index contributed by atoms with van der Waals surface area (Å²) in [4.78, 5) is -0.126. The van der Waals surface area contributed by atoms with Gasteiger partial charge in [0.2, 0.25) is 10.0 Å². The van der Waals surface area contributed by atoms with Crippen LogP contribution in [-0.4, -0.2) is 15.0 Å². The van der Waals surface area contributed by atoms with Gasteiger partial charge in [-0.1, -0.05) is 24.3 Å². The number of benzene rings is 2. The van der Waals surface area contributed by atoms with E-state index in [0.717, 1.165) is 17.2 Å². The van der Waals surface area contributed by atoms with E-state index in [0.29, 0.717) is 6.42 Å². The Morgan fingerprint density at radius 3 is 2.57 bits per heavy atom. The molecule has 0 fully saturated rings. The number of anilines is 1. The minimum atomic E-state index is -3.73. The maximum atomic E-state index is 13.3. The number of halogens is 1. The van der Waals surface area contributed by atoms with E-state index in [1.807, 2.05) is 31.2 Å². The molecule has 0 amide bonds. The lowest BCUT2D eigenvalue weighted by molar-refractivity contribution is 0.578. The van der Waals surface area contributed by atoms with Crippen molar-refractivity contribution in [2.75, 3.05) is 12.3 Å². The summed E-state index contributed by atoms with van der Waals surface area (Å²) in [7, 11) is -3.73. The smallest absolute Gasteiger partial charge is 0.240 e. The Morgan fingerprint density at radius 2 is 1.90 bits per heavy atom. The van der Waals surface area contributed by atoms with E-state index >= 15 is 0 Å².